The molecule has 0 radical (unpaired) electrons. The van der Waals surface area contributed by atoms with Crippen molar-refractivity contribution in [2.24, 2.45) is 0 Å². The molecule has 0 spiro atoms. The van der Waals surface area contributed by atoms with E-state index in [2.05, 4.69) is 202 Å². The van der Waals surface area contributed by atoms with Crippen LogP contribution in [-0.4, -0.2) is 21.2 Å². The SMILES string of the molecule is C1=CC2NC(c3ccccc3)C(c3ccc(-n4c5ccccc5c5cc6c7ccc8c9ccccc9sc8c7n(-c7ccccc7)c6cc54)cc3)NC2C=C1. The van der Waals surface area contributed by atoms with Crippen molar-refractivity contribution in [2.75, 3.05) is 0 Å². The van der Waals surface area contributed by atoms with Crippen LogP contribution in [0, 0.1) is 0 Å². The molecular formula is C50H36N4S. The van der Waals surface area contributed by atoms with Gasteiger partial charge in [0.15, 0.2) is 0 Å². The number of para-hydroxylation sites is 2. The first-order valence-electron chi connectivity index (χ1n) is 19.2. The molecule has 2 N–H and O–H groups in total. The van der Waals surface area contributed by atoms with Gasteiger partial charge in [0.1, 0.15) is 0 Å². The minimum atomic E-state index is 0.110. The van der Waals surface area contributed by atoms with Gasteiger partial charge >= 0.3 is 0 Å². The van der Waals surface area contributed by atoms with Gasteiger partial charge in [-0.1, -0.05) is 133 Å². The summed E-state index contributed by atoms with van der Waals surface area (Å²) >= 11 is 1.90. The first-order chi connectivity index (χ1) is 27.3. The Morgan fingerprint density at radius 1 is 0.418 bits per heavy atom. The maximum absolute atomic E-state index is 4.00. The zero-order valence-corrected chi connectivity index (χ0v) is 30.7. The van der Waals surface area contributed by atoms with Crippen molar-refractivity contribution in [3.05, 3.63) is 193 Å². The molecule has 55 heavy (non-hydrogen) atoms. The van der Waals surface area contributed by atoms with Gasteiger partial charge in [0.2, 0.25) is 0 Å². The monoisotopic (exact) mass is 724 g/mol. The van der Waals surface area contributed by atoms with Crippen LogP contribution in [0.3, 0.4) is 0 Å². The van der Waals surface area contributed by atoms with Crippen molar-refractivity contribution >= 4 is 75.1 Å². The second-order valence-corrected chi connectivity index (χ2v) is 16.0. The summed E-state index contributed by atoms with van der Waals surface area (Å²) in [5.74, 6) is 0. The van der Waals surface area contributed by atoms with E-state index in [0.29, 0.717) is 0 Å². The summed E-state index contributed by atoms with van der Waals surface area (Å²) in [6, 6.07) is 59.0. The highest BCUT2D eigenvalue weighted by atomic mass is 32.1. The van der Waals surface area contributed by atoms with Crippen LogP contribution in [0.15, 0.2) is 182 Å². The van der Waals surface area contributed by atoms with Gasteiger partial charge in [-0.2, -0.15) is 0 Å². The van der Waals surface area contributed by atoms with E-state index < -0.39 is 0 Å². The van der Waals surface area contributed by atoms with Crippen molar-refractivity contribution in [3.63, 3.8) is 0 Å². The molecule has 1 aliphatic heterocycles. The van der Waals surface area contributed by atoms with E-state index >= 15 is 0 Å². The zero-order chi connectivity index (χ0) is 36.0. The number of fused-ring (bicyclic) bond motifs is 11. The summed E-state index contributed by atoms with van der Waals surface area (Å²) in [7, 11) is 0. The van der Waals surface area contributed by atoms with Gasteiger partial charge in [-0.3, -0.25) is 0 Å². The maximum atomic E-state index is 4.00. The molecule has 1 aliphatic carbocycles. The van der Waals surface area contributed by atoms with E-state index in [1.54, 1.807) is 0 Å². The van der Waals surface area contributed by atoms with E-state index in [-0.39, 0.29) is 24.2 Å². The summed E-state index contributed by atoms with van der Waals surface area (Å²) in [5.41, 5.74) is 9.79. The third kappa shape index (κ3) is 4.71. The third-order valence-corrected chi connectivity index (χ3v) is 13.2. The summed E-state index contributed by atoms with van der Waals surface area (Å²) in [6.07, 6.45) is 8.85. The van der Waals surface area contributed by atoms with Gasteiger partial charge < -0.3 is 19.8 Å². The fourth-order valence-electron chi connectivity index (χ4n) is 9.46. The van der Waals surface area contributed by atoms with Crippen LogP contribution < -0.4 is 10.6 Å². The molecule has 5 heteroatoms. The fraction of sp³-hybridized carbons (Fsp3) is 0.0800. The average molecular weight is 725 g/mol. The molecule has 0 saturated carbocycles. The summed E-state index contributed by atoms with van der Waals surface area (Å²) < 4.78 is 7.61. The van der Waals surface area contributed by atoms with Gasteiger partial charge in [-0.25, -0.2) is 0 Å². The predicted octanol–water partition coefficient (Wildman–Crippen LogP) is 12.1. The van der Waals surface area contributed by atoms with Crippen LogP contribution in [-0.2, 0) is 0 Å². The average Bonchev–Trinajstić information content (AvgIpc) is 3.90. The van der Waals surface area contributed by atoms with Gasteiger partial charge in [0.05, 0.1) is 38.9 Å². The van der Waals surface area contributed by atoms with Crippen molar-refractivity contribution in [3.8, 4) is 11.4 Å². The minimum absolute atomic E-state index is 0.110. The quantitative estimate of drug-likeness (QED) is 0.189. The van der Waals surface area contributed by atoms with Gasteiger partial charge in [-0.15, -0.1) is 11.3 Å². The number of allylic oxidation sites excluding steroid dienone is 2. The predicted molar refractivity (Wildman–Crippen MR) is 232 cm³/mol. The molecule has 1 fully saturated rings. The van der Waals surface area contributed by atoms with Crippen molar-refractivity contribution in [1.82, 2.24) is 19.8 Å². The zero-order valence-electron chi connectivity index (χ0n) is 29.9. The summed E-state index contributed by atoms with van der Waals surface area (Å²) in [6.45, 7) is 0. The number of piperazine rings is 1. The molecule has 0 bridgehead atoms. The maximum Gasteiger partial charge on any atom is 0.0719 e. The van der Waals surface area contributed by atoms with Crippen LogP contribution in [0.4, 0.5) is 0 Å². The number of nitrogens with one attached hydrogen (secondary N) is 2. The molecule has 4 atom stereocenters. The van der Waals surface area contributed by atoms with E-state index in [1.807, 2.05) is 11.3 Å². The lowest BCUT2D eigenvalue weighted by atomic mass is 9.86. The Hall–Kier alpha value is -6.24. The van der Waals surface area contributed by atoms with E-state index in [1.165, 1.54) is 80.6 Å². The highest BCUT2D eigenvalue weighted by Crippen LogP contribution is 2.45. The number of thiophene rings is 1. The summed E-state index contributed by atoms with van der Waals surface area (Å²) in [5, 5.41) is 15.7. The molecule has 262 valence electrons. The molecule has 0 amide bonds. The molecule has 2 aliphatic rings. The van der Waals surface area contributed by atoms with Crippen molar-refractivity contribution in [1.29, 1.82) is 0 Å². The third-order valence-electron chi connectivity index (χ3n) is 12.0. The molecule has 4 heterocycles. The van der Waals surface area contributed by atoms with Crippen molar-refractivity contribution in [2.45, 2.75) is 24.2 Å². The Bertz CT molecular complexity index is 3170. The van der Waals surface area contributed by atoms with Crippen molar-refractivity contribution < 1.29 is 0 Å². The smallest absolute Gasteiger partial charge is 0.0719 e. The lowest BCUT2D eigenvalue weighted by Gasteiger charge is -2.43. The Morgan fingerprint density at radius 2 is 1.00 bits per heavy atom. The summed E-state index contributed by atoms with van der Waals surface area (Å²) in [4.78, 5) is 0. The van der Waals surface area contributed by atoms with Crippen LogP contribution in [0.1, 0.15) is 23.2 Å². The molecular weight excluding hydrogens is 689 g/mol. The fourth-order valence-corrected chi connectivity index (χ4v) is 10.7. The number of rotatable bonds is 4. The molecule has 3 aromatic heterocycles. The van der Waals surface area contributed by atoms with Gasteiger partial charge in [0.25, 0.3) is 0 Å². The number of nitrogens with zero attached hydrogens (tertiary/aromatic N) is 2. The number of hydrogen-bond acceptors (Lipinski definition) is 3. The Kier molecular flexibility index (Phi) is 6.87. The lowest BCUT2D eigenvalue weighted by Crippen LogP contribution is -2.57. The Morgan fingerprint density at radius 3 is 1.76 bits per heavy atom. The van der Waals surface area contributed by atoms with E-state index in [4.69, 9.17) is 0 Å². The molecule has 4 unspecified atom stereocenters. The normalized spacial score (nSPS) is 19.7. The second-order valence-electron chi connectivity index (χ2n) is 15.0. The Labute approximate surface area is 322 Å². The van der Waals surface area contributed by atoms with Crippen LogP contribution in [0.5, 0.6) is 0 Å². The molecule has 1 saturated heterocycles. The van der Waals surface area contributed by atoms with Crippen LogP contribution in [0.2, 0.25) is 0 Å². The molecule has 7 aromatic carbocycles. The molecule has 10 aromatic rings. The number of benzene rings is 7. The topological polar surface area (TPSA) is 33.9 Å². The standard InChI is InChI=1S/C50H36N4S/c1-3-13-31(14-4-1)47-48(52-42-20-10-9-19-41(42)51-47)32-23-25-34(26-24-32)53-43-21-11-7-17-35(43)39-29-40-37-27-28-38-36-18-8-12-22-46(36)55-50(38)49(37)54(45(40)30-44(39)53)33-15-5-2-6-16-33/h1-30,41-42,47-48,51-52H. The van der Waals surface area contributed by atoms with Gasteiger partial charge in [-0.05, 0) is 59.7 Å². The van der Waals surface area contributed by atoms with Gasteiger partial charge in [0, 0.05) is 60.5 Å². The van der Waals surface area contributed by atoms with E-state index in [0.717, 1.165) is 5.69 Å². The Balaban J connectivity index is 1.07. The molecule has 12 rings (SSSR count). The molecule has 4 nitrogen and oxygen atoms in total. The number of hydrogen-bond donors (Lipinski definition) is 2. The minimum Gasteiger partial charge on any atom is -0.309 e. The highest BCUT2D eigenvalue weighted by Gasteiger charge is 2.36. The highest BCUT2D eigenvalue weighted by molar-refractivity contribution is 7.26. The first-order valence-corrected chi connectivity index (χ1v) is 20.0. The van der Waals surface area contributed by atoms with Crippen LogP contribution in [0.25, 0.3) is 75.2 Å². The van der Waals surface area contributed by atoms with Crippen LogP contribution >= 0.6 is 11.3 Å². The largest absolute Gasteiger partial charge is 0.309 e. The first kappa shape index (κ1) is 31.1. The lowest BCUT2D eigenvalue weighted by molar-refractivity contribution is 0.260. The number of aromatic nitrogens is 2. The second kappa shape index (κ2) is 12.1. The van der Waals surface area contributed by atoms with E-state index in [9.17, 15) is 0 Å².